The fourth-order valence-corrected chi connectivity index (χ4v) is 3.92. The molecular formula is C15H31N3. The molecule has 1 N–H and O–H groups in total. The molecule has 0 aromatic rings. The number of hydrogen-bond donors (Lipinski definition) is 1. The van der Waals surface area contributed by atoms with Gasteiger partial charge in [0.25, 0.3) is 0 Å². The molecule has 0 amide bonds. The normalized spacial score (nSPS) is 34.3. The third-order valence-corrected chi connectivity index (χ3v) is 5.17. The smallest absolute Gasteiger partial charge is 0.0271 e. The van der Waals surface area contributed by atoms with E-state index in [9.17, 15) is 0 Å². The van der Waals surface area contributed by atoms with Gasteiger partial charge in [-0.25, -0.2) is 0 Å². The summed E-state index contributed by atoms with van der Waals surface area (Å²) in [5.74, 6) is 0. The van der Waals surface area contributed by atoms with Crippen LogP contribution in [0.2, 0.25) is 0 Å². The molecule has 2 aliphatic rings. The summed E-state index contributed by atoms with van der Waals surface area (Å²) in [5.41, 5.74) is 0.453. The van der Waals surface area contributed by atoms with Gasteiger partial charge in [0.15, 0.2) is 0 Å². The summed E-state index contributed by atoms with van der Waals surface area (Å²) in [5, 5.41) is 3.58. The van der Waals surface area contributed by atoms with Crippen molar-refractivity contribution >= 4 is 0 Å². The molecule has 2 unspecified atom stereocenters. The molecule has 3 nitrogen and oxygen atoms in total. The number of likely N-dealkylation sites (N-methyl/N-ethyl adjacent to an activating group) is 1. The van der Waals surface area contributed by atoms with Gasteiger partial charge in [0, 0.05) is 44.3 Å². The lowest BCUT2D eigenvalue weighted by Crippen LogP contribution is -2.57. The molecular weight excluding hydrogens is 222 g/mol. The first kappa shape index (κ1) is 14.3. The van der Waals surface area contributed by atoms with Crippen molar-refractivity contribution in [2.45, 2.75) is 58.7 Å². The zero-order valence-electron chi connectivity index (χ0n) is 12.9. The highest BCUT2D eigenvalue weighted by Gasteiger charge is 2.43. The zero-order chi connectivity index (χ0) is 13.3. The van der Waals surface area contributed by atoms with Gasteiger partial charge >= 0.3 is 0 Å². The maximum absolute atomic E-state index is 3.58. The second kappa shape index (κ2) is 5.48. The van der Waals surface area contributed by atoms with E-state index in [0.29, 0.717) is 17.5 Å². The van der Waals surface area contributed by atoms with E-state index < -0.39 is 0 Å². The molecule has 0 bridgehead atoms. The lowest BCUT2D eigenvalue weighted by atomic mass is 9.86. The number of nitrogens with zero attached hydrogens (tertiary/aromatic N) is 2. The molecule has 1 aliphatic carbocycles. The first-order valence-corrected chi connectivity index (χ1v) is 7.61. The lowest BCUT2D eigenvalue weighted by molar-refractivity contribution is 0.0639. The molecule has 2 atom stereocenters. The van der Waals surface area contributed by atoms with Gasteiger partial charge in [-0.3, -0.25) is 9.80 Å². The topological polar surface area (TPSA) is 18.5 Å². The second-order valence-corrected chi connectivity index (χ2v) is 7.03. The quantitative estimate of drug-likeness (QED) is 0.827. The molecule has 2 rings (SSSR count). The minimum absolute atomic E-state index is 0.453. The zero-order valence-corrected chi connectivity index (χ0v) is 12.9. The highest BCUT2D eigenvalue weighted by molar-refractivity contribution is 5.01. The van der Waals surface area contributed by atoms with Gasteiger partial charge in [-0.2, -0.15) is 0 Å². The molecule has 2 fully saturated rings. The van der Waals surface area contributed by atoms with Crippen LogP contribution in [-0.4, -0.2) is 61.2 Å². The van der Waals surface area contributed by atoms with Gasteiger partial charge in [0.05, 0.1) is 0 Å². The van der Waals surface area contributed by atoms with Gasteiger partial charge in [-0.05, 0) is 39.2 Å². The summed E-state index contributed by atoms with van der Waals surface area (Å²) in [7, 11) is 2.13. The van der Waals surface area contributed by atoms with E-state index in [1.165, 1.54) is 39.0 Å². The van der Waals surface area contributed by atoms with Gasteiger partial charge in [0.1, 0.15) is 0 Å². The highest BCUT2D eigenvalue weighted by Crippen LogP contribution is 2.39. The maximum Gasteiger partial charge on any atom is 0.0271 e. The molecule has 106 valence electrons. The van der Waals surface area contributed by atoms with Gasteiger partial charge < -0.3 is 5.32 Å². The van der Waals surface area contributed by atoms with Gasteiger partial charge in [0.2, 0.25) is 0 Å². The van der Waals surface area contributed by atoms with E-state index in [4.69, 9.17) is 0 Å². The third kappa shape index (κ3) is 2.73. The van der Waals surface area contributed by atoms with Crippen molar-refractivity contribution in [3.63, 3.8) is 0 Å². The van der Waals surface area contributed by atoms with Crippen LogP contribution in [0.5, 0.6) is 0 Å². The fraction of sp³-hybridized carbons (Fsp3) is 1.00. The number of rotatable bonds is 3. The van der Waals surface area contributed by atoms with Crippen LogP contribution in [0.1, 0.15) is 40.5 Å². The van der Waals surface area contributed by atoms with Crippen molar-refractivity contribution in [3.05, 3.63) is 0 Å². The summed E-state index contributed by atoms with van der Waals surface area (Å²) < 4.78 is 0. The first-order valence-electron chi connectivity index (χ1n) is 7.61. The van der Waals surface area contributed by atoms with Crippen molar-refractivity contribution in [3.8, 4) is 0 Å². The highest BCUT2D eigenvalue weighted by atomic mass is 15.3. The SMILES string of the molecule is CNC1C(N2CCN(C(C)C)CC2)CCC1(C)C. The Labute approximate surface area is 113 Å². The summed E-state index contributed by atoms with van der Waals surface area (Å²) >= 11 is 0. The standard InChI is InChI=1S/C15H31N3/c1-12(2)17-8-10-18(11-9-17)13-6-7-15(3,4)14(13)16-5/h12-14,16H,6-11H2,1-5H3. The molecule has 1 aliphatic heterocycles. The molecule has 18 heavy (non-hydrogen) atoms. The minimum Gasteiger partial charge on any atom is -0.315 e. The van der Waals surface area contributed by atoms with Crippen LogP contribution in [0.25, 0.3) is 0 Å². The third-order valence-electron chi connectivity index (χ3n) is 5.17. The Morgan fingerprint density at radius 3 is 2.22 bits per heavy atom. The Balaban J connectivity index is 1.94. The van der Waals surface area contributed by atoms with Crippen LogP contribution in [0.3, 0.4) is 0 Å². The van der Waals surface area contributed by atoms with Crippen LogP contribution in [0.4, 0.5) is 0 Å². The van der Waals surface area contributed by atoms with Gasteiger partial charge in [-0.1, -0.05) is 13.8 Å². The van der Waals surface area contributed by atoms with Crippen LogP contribution in [0.15, 0.2) is 0 Å². The Kier molecular flexibility index (Phi) is 4.35. The Bertz CT molecular complexity index is 267. The van der Waals surface area contributed by atoms with Crippen molar-refractivity contribution in [2.24, 2.45) is 5.41 Å². The molecule has 0 aromatic heterocycles. The number of hydrogen-bond acceptors (Lipinski definition) is 3. The number of piperazine rings is 1. The van der Waals surface area contributed by atoms with Crippen LogP contribution in [0, 0.1) is 5.41 Å². The molecule has 0 spiro atoms. The minimum atomic E-state index is 0.453. The van der Waals surface area contributed by atoms with E-state index in [1.54, 1.807) is 0 Å². The maximum atomic E-state index is 3.58. The average molecular weight is 253 g/mol. The van der Waals surface area contributed by atoms with Gasteiger partial charge in [-0.15, -0.1) is 0 Å². The Hall–Kier alpha value is -0.120. The molecule has 3 heteroatoms. The summed E-state index contributed by atoms with van der Waals surface area (Å²) in [6, 6.07) is 2.11. The van der Waals surface area contributed by atoms with Crippen LogP contribution >= 0.6 is 0 Å². The van der Waals surface area contributed by atoms with Crippen molar-refractivity contribution in [1.29, 1.82) is 0 Å². The van der Waals surface area contributed by atoms with Crippen molar-refractivity contribution < 1.29 is 0 Å². The second-order valence-electron chi connectivity index (χ2n) is 7.03. The molecule has 1 saturated carbocycles. The average Bonchev–Trinajstić information content (AvgIpc) is 2.64. The van der Waals surface area contributed by atoms with Crippen molar-refractivity contribution in [1.82, 2.24) is 15.1 Å². The predicted molar refractivity (Wildman–Crippen MR) is 77.9 cm³/mol. The Morgan fingerprint density at radius 2 is 1.72 bits per heavy atom. The number of nitrogens with one attached hydrogen (secondary N) is 1. The molecule has 0 aromatic carbocycles. The van der Waals surface area contributed by atoms with Crippen molar-refractivity contribution in [2.75, 3.05) is 33.2 Å². The van der Waals surface area contributed by atoms with E-state index >= 15 is 0 Å². The fourth-order valence-electron chi connectivity index (χ4n) is 3.92. The van der Waals surface area contributed by atoms with E-state index in [-0.39, 0.29) is 0 Å². The lowest BCUT2D eigenvalue weighted by Gasteiger charge is -2.43. The van der Waals surface area contributed by atoms with E-state index in [1.807, 2.05) is 0 Å². The predicted octanol–water partition coefficient (Wildman–Crippen LogP) is 1.79. The monoisotopic (exact) mass is 253 g/mol. The molecule has 1 saturated heterocycles. The van der Waals surface area contributed by atoms with Crippen LogP contribution in [-0.2, 0) is 0 Å². The first-order chi connectivity index (χ1) is 8.45. The Morgan fingerprint density at radius 1 is 1.11 bits per heavy atom. The largest absolute Gasteiger partial charge is 0.315 e. The summed E-state index contributed by atoms with van der Waals surface area (Å²) in [6.45, 7) is 14.4. The molecule has 0 radical (unpaired) electrons. The summed E-state index contributed by atoms with van der Waals surface area (Å²) in [4.78, 5) is 5.33. The summed E-state index contributed by atoms with van der Waals surface area (Å²) in [6.07, 6.45) is 2.72. The van der Waals surface area contributed by atoms with E-state index in [2.05, 4.69) is 49.9 Å². The molecule has 1 heterocycles. The van der Waals surface area contributed by atoms with Crippen LogP contribution < -0.4 is 5.32 Å². The van der Waals surface area contributed by atoms with E-state index in [0.717, 1.165) is 6.04 Å².